The van der Waals surface area contributed by atoms with Crippen LogP contribution in [-0.4, -0.2) is 61.3 Å². The monoisotopic (exact) mass is 433 g/mol. The van der Waals surface area contributed by atoms with Gasteiger partial charge in [-0.1, -0.05) is 12.1 Å². The maximum Gasteiger partial charge on any atom is 0.352 e. The molecule has 2 atom stereocenters. The van der Waals surface area contributed by atoms with Gasteiger partial charge in [0.05, 0.1) is 19.0 Å². The highest BCUT2D eigenvalue weighted by molar-refractivity contribution is 5.89. The van der Waals surface area contributed by atoms with Gasteiger partial charge in [0.25, 0.3) is 0 Å². The molecule has 1 fully saturated rings. The van der Waals surface area contributed by atoms with Crippen LogP contribution in [0.25, 0.3) is 16.7 Å². The van der Waals surface area contributed by atoms with Gasteiger partial charge in [0, 0.05) is 37.9 Å². The topological polar surface area (TPSA) is 89.6 Å². The minimum absolute atomic E-state index is 0.258. The molecule has 1 N–H and O–H groups in total. The van der Waals surface area contributed by atoms with Crippen LogP contribution in [0.2, 0.25) is 0 Å². The summed E-state index contributed by atoms with van der Waals surface area (Å²) in [5.41, 5.74) is 2.96. The number of fused-ring (bicyclic) bond motifs is 3. The highest BCUT2D eigenvalue weighted by atomic mass is 16.5. The van der Waals surface area contributed by atoms with Gasteiger partial charge >= 0.3 is 5.69 Å². The Bertz CT molecular complexity index is 1300. The number of pyridine rings is 1. The van der Waals surface area contributed by atoms with Crippen molar-refractivity contribution >= 4 is 16.7 Å². The zero-order valence-corrected chi connectivity index (χ0v) is 18.5. The summed E-state index contributed by atoms with van der Waals surface area (Å²) >= 11 is 0. The summed E-state index contributed by atoms with van der Waals surface area (Å²) < 4.78 is 8.24. The molecule has 32 heavy (non-hydrogen) atoms. The number of hydrogen-bond acceptors (Lipinski definition) is 7. The fraction of sp³-hybridized carbons (Fsp3) is 0.391. The molecule has 0 spiro atoms. The number of nitrogens with one attached hydrogen (secondary N) is 1. The largest absolute Gasteiger partial charge is 0.497 e. The number of benzene rings is 1. The Balaban J connectivity index is 1.55. The molecule has 0 amide bonds. The van der Waals surface area contributed by atoms with E-state index in [4.69, 9.17) is 9.72 Å². The number of piperazine rings is 1. The Hall–Kier alpha value is -3.30. The SMILES string of the molecule is COc1ccc(Cn2c(=O)n3ncnc3c3cc(CN4C[C@@H](C)N[C@@H](C)C4)cnc32)cc1. The minimum Gasteiger partial charge on any atom is -0.497 e. The smallest absolute Gasteiger partial charge is 0.352 e. The average molecular weight is 434 g/mol. The summed E-state index contributed by atoms with van der Waals surface area (Å²) in [6, 6.07) is 10.7. The van der Waals surface area contributed by atoms with Crippen LogP contribution in [-0.2, 0) is 13.1 Å². The van der Waals surface area contributed by atoms with Gasteiger partial charge in [-0.15, -0.1) is 0 Å². The van der Waals surface area contributed by atoms with Crippen molar-refractivity contribution in [1.29, 1.82) is 0 Å². The molecule has 9 nitrogen and oxygen atoms in total. The number of methoxy groups -OCH3 is 1. The van der Waals surface area contributed by atoms with Crippen molar-refractivity contribution in [3.8, 4) is 5.75 Å². The van der Waals surface area contributed by atoms with Gasteiger partial charge in [-0.3, -0.25) is 9.47 Å². The molecule has 1 saturated heterocycles. The average Bonchev–Trinajstić information content (AvgIpc) is 3.27. The Kier molecular flexibility index (Phi) is 5.36. The van der Waals surface area contributed by atoms with Crippen molar-refractivity contribution in [3.05, 3.63) is 64.5 Å². The minimum atomic E-state index is -0.258. The van der Waals surface area contributed by atoms with Gasteiger partial charge in [0.15, 0.2) is 5.65 Å². The van der Waals surface area contributed by atoms with E-state index in [-0.39, 0.29) is 5.69 Å². The normalized spacial score (nSPS) is 19.6. The number of rotatable bonds is 5. The number of hydrogen-bond donors (Lipinski definition) is 1. The predicted molar refractivity (Wildman–Crippen MR) is 122 cm³/mol. The molecule has 0 unspecified atom stereocenters. The lowest BCUT2D eigenvalue weighted by atomic mass is 10.1. The molecule has 4 aromatic rings. The lowest BCUT2D eigenvalue weighted by Crippen LogP contribution is -2.53. The quantitative estimate of drug-likeness (QED) is 0.512. The van der Waals surface area contributed by atoms with Crippen LogP contribution in [0.3, 0.4) is 0 Å². The summed E-state index contributed by atoms with van der Waals surface area (Å²) in [4.78, 5) is 24.7. The van der Waals surface area contributed by atoms with E-state index in [1.165, 1.54) is 10.8 Å². The van der Waals surface area contributed by atoms with E-state index in [1.807, 2.05) is 30.5 Å². The van der Waals surface area contributed by atoms with E-state index in [0.717, 1.165) is 41.9 Å². The zero-order valence-electron chi connectivity index (χ0n) is 18.5. The van der Waals surface area contributed by atoms with Crippen molar-refractivity contribution in [3.63, 3.8) is 0 Å². The van der Waals surface area contributed by atoms with Crippen molar-refractivity contribution in [2.45, 2.75) is 39.0 Å². The number of aromatic nitrogens is 5. The van der Waals surface area contributed by atoms with Crippen LogP contribution >= 0.6 is 0 Å². The summed E-state index contributed by atoms with van der Waals surface area (Å²) in [6.45, 7) is 7.57. The molecule has 1 aliphatic heterocycles. The second kappa shape index (κ2) is 8.33. The molecule has 1 aliphatic rings. The molecular weight excluding hydrogens is 406 g/mol. The summed E-state index contributed by atoms with van der Waals surface area (Å²) in [7, 11) is 1.63. The van der Waals surface area contributed by atoms with Crippen molar-refractivity contribution in [2.75, 3.05) is 20.2 Å². The number of ether oxygens (including phenoxy) is 1. The van der Waals surface area contributed by atoms with E-state index in [9.17, 15) is 4.79 Å². The molecule has 3 aromatic heterocycles. The van der Waals surface area contributed by atoms with Gasteiger partial charge in [0.1, 0.15) is 17.7 Å². The highest BCUT2D eigenvalue weighted by Gasteiger charge is 2.21. The van der Waals surface area contributed by atoms with Crippen molar-refractivity contribution in [2.24, 2.45) is 0 Å². The molecule has 1 aromatic carbocycles. The standard InChI is InChI=1S/C23H27N7O2/c1-15-10-28(11-16(2)27-15)12-18-8-20-21(24-9-18)29(23(31)30-22(20)25-14-26-30)13-17-4-6-19(32-3)7-5-17/h4-9,14-16,27H,10-13H2,1-3H3/t15-,16+. The first-order valence-electron chi connectivity index (χ1n) is 10.8. The Morgan fingerprint density at radius 1 is 1.03 bits per heavy atom. The van der Waals surface area contributed by atoms with Gasteiger partial charge in [-0.05, 0) is 43.2 Å². The second-order valence-corrected chi connectivity index (χ2v) is 8.59. The first-order valence-corrected chi connectivity index (χ1v) is 10.8. The van der Waals surface area contributed by atoms with E-state index < -0.39 is 0 Å². The van der Waals surface area contributed by atoms with Gasteiger partial charge in [-0.2, -0.15) is 9.61 Å². The van der Waals surface area contributed by atoms with Gasteiger partial charge in [0.2, 0.25) is 0 Å². The maximum atomic E-state index is 13.1. The first-order chi connectivity index (χ1) is 15.5. The lowest BCUT2D eigenvalue weighted by molar-refractivity contribution is 0.166. The third-order valence-corrected chi connectivity index (χ3v) is 5.92. The summed E-state index contributed by atoms with van der Waals surface area (Å²) in [5, 5.41) is 8.56. The van der Waals surface area contributed by atoms with Crippen LogP contribution < -0.4 is 15.7 Å². The third-order valence-electron chi connectivity index (χ3n) is 5.92. The van der Waals surface area contributed by atoms with Crippen molar-refractivity contribution < 1.29 is 4.74 Å². The lowest BCUT2D eigenvalue weighted by Gasteiger charge is -2.36. The van der Waals surface area contributed by atoms with Crippen LogP contribution in [0.4, 0.5) is 0 Å². The van der Waals surface area contributed by atoms with Crippen LogP contribution in [0.1, 0.15) is 25.0 Å². The Morgan fingerprint density at radius 2 is 1.78 bits per heavy atom. The molecule has 5 rings (SSSR count). The fourth-order valence-electron chi connectivity index (χ4n) is 4.62. The molecule has 0 saturated carbocycles. The van der Waals surface area contributed by atoms with Gasteiger partial charge in [-0.25, -0.2) is 14.8 Å². The molecule has 0 bridgehead atoms. The molecular formula is C23H27N7O2. The second-order valence-electron chi connectivity index (χ2n) is 8.59. The predicted octanol–water partition coefficient (Wildman–Crippen LogP) is 1.68. The van der Waals surface area contributed by atoms with E-state index in [0.29, 0.717) is 29.9 Å². The molecule has 166 valence electrons. The first kappa shape index (κ1) is 20.6. The Morgan fingerprint density at radius 3 is 2.50 bits per heavy atom. The van der Waals surface area contributed by atoms with Crippen LogP contribution in [0.15, 0.2) is 47.7 Å². The van der Waals surface area contributed by atoms with Gasteiger partial charge < -0.3 is 10.1 Å². The van der Waals surface area contributed by atoms with Crippen LogP contribution in [0.5, 0.6) is 5.75 Å². The summed E-state index contributed by atoms with van der Waals surface area (Å²) in [5.74, 6) is 0.775. The summed E-state index contributed by atoms with van der Waals surface area (Å²) in [6.07, 6.45) is 3.29. The zero-order chi connectivity index (χ0) is 22.2. The molecule has 4 heterocycles. The number of nitrogens with zero attached hydrogens (tertiary/aromatic N) is 6. The van der Waals surface area contributed by atoms with E-state index >= 15 is 0 Å². The molecule has 9 heteroatoms. The van der Waals surface area contributed by atoms with Crippen LogP contribution in [0, 0.1) is 0 Å². The van der Waals surface area contributed by atoms with E-state index in [2.05, 4.69) is 40.2 Å². The maximum absolute atomic E-state index is 13.1. The molecule has 0 radical (unpaired) electrons. The fourth-order valence-corrected chi connectivity index (χ4v) is 4.62. The molecule has 0 aliphatic carbocycles. The Labute approximate surface area is 185 Å². The van der Waals surface area contributed by atoms with Crippen molar-refractivity contribution in [1.82, 2.24) is 34.4 Å². The third kappa shape index (κ3) is 3.85. The van der Waals surface area contributed by atoms with E-state index in [1.54, 1.807) is 11.7 Å². The highest BCUT2D eigenvalue weighted by Crippen LogP contribution is 2.20.